The van der Waals surface area contributed by atoms with Crippen LogP contribution in [0.5, 0.6) is 0 Å². The Hall–Kier alpha value is -3.73. The molecule has 7 nitrogen and oxygen atoms in total. The highest BCUT2D eigenvalue weighted by atomic mass is 32.1. The van der Waals surface area contributed by atoms with Gasteiger partial charge in [0.2, 0.25) is 0 Å². The number of fused-ring (bicyclic) bond motifs is 2. The van der Waals surface area contributed by atoms with Crippen LogP contribution in [-0.2, 0) is 12.8 Å². The number of carbonyl (C=O) groups excluding carboxylic acids is 2. The Labute approximate surface area is 195 Å². The fourth-order valence-corrected chi connectivity index (χ4v) is 5.44. The van der Waals surface area contributed by atoms with Crippen LogP contribution in [-0.4, -0.2) is 26.4 Å². The van der Waals surface area contributed by atoms with E-state index in [1.807, 2.05) is 0 Å². The molecule has 5 rings (SSSR count). The summed E-state index contributed by atoms with van der Waals surface area (Å²) in [4.78, 5) is 30.6. The number of hydrogen-bond donors (Lipinski definition) is 2. The van der Waals surface area contributed by atoms with E-state index in [4.69, 9.17) is 5.73 Å². The molecule has 2 amide bonds. The molecule has 4 aromatic rings. The number of nitrogens with zero attached hydrogens (tertiary/aromatic N) is 3. The van der Waals surface area contributed by atoms with Crippen molar-refractivity contribution in [3.8, 4) is 11.3 Å². The Morgan fingerprint density at radius 3 is 2.59 bits per heavy atom. The van der Waals surface area contributed by atoms with Gasteiger partial charge in [0.25, 0.3) is 18.2 Å². The number of hydrogen-bond acceptors (Lipinski definition) is 5. The van der Waals surface area contributed by atoms with E-state index in [1.54, 1.807) is 0 Å². The lowest BCUT2D eigenvalue weighted by Crippen LogP contribution is -2.18. The minimum atomic E-state index is -2.90. The first-order valence-corrected chi connectivity index (χ1v) is 11.3. The number of aromatic nitrogens is 3. The Morgan fingerprint density at radius 2 is 1.88 bits per heavy atom. The van der Waals surface area contributed by atoms with Crippen molar-refractivity contribution in [2.24, 2.45) is 5.73 Å². The van der Waals surface area contributed by atoms with Gasteiger partial charge >= 0.3 is 0 Å². The molecule has 174 valence electrons. The number of carbonyl (C=O) groups is 2. The van der Waals surface area contributed by atoms with Crippen molar-refractivity contribution in [1.29, 1.82) is 0 Å². The largest absolute Gasteiger partial charge is 0.365 e. The minimum Gasteiger partial charge on any atom is -0.365 e. The van der Waals surface area contributed by atoms with Gasteiger partial charge in [0, 0.05) is 10.4 Å². The number of halogens is 3. The number of rotatable bonds is 5. The van der Waals surface area contributed by atoms with Crippen LogP contribution in [0, 0.1) is 5.82 Å². The quantitative estimate of drug-likeness (QED) is 0.425. The molecule has 0 atom stereocenters. The number of benzene rings is 1. The Balaban J connectivity index is 1.58. The highest BCUT2D eigenvalue weighted by molar-refractivity contribution is 7.17. The lowest BCUT2D eigenvalue weighted by Gasteiger charge is -2.11. The van der Waals surface area contributed by atoms with E-state index in [-0.39, 0.29) is 22.5 Å². The van der Waals surface area contributed by atoms with Crippen LogP contribution in [0.15, 0.2) is 36.5 Å². The van der Waals surface area contributed by atoms with Gasteiger partial charge < -0.3 is 11.1 Å². The van der Waals surface area contributed by atoms with Crippen molar-refractivity contribution in [2.75, 3.05) is 5.32 Å². The minimum absolute atomic E-state index is 0.0485. The summed E-state index contributed by atoms with van der Waals surface area (Å²) in [6, 6.07) is 6.36. The molecule has 0 saturated heterocycles. The van der Waals surface area contributed by atoms with Gasteiger partial charge in [0.05, 0.1) is 17.5 Å². The molecule has 0 aliphatic heterocycles. The zero-order valence-electron chi connectivity index (χ0n) is 17.6. The lowest BCUT2D eigenvalue weighted by atomic mass is 9.95. The number of primary amides is 1. The molecule has 3 N–H and O–H groups in total. The summed E-state index contributed by atoms with van der Waals surface area (Å²) in [5, 5.41) is 6.97. The zero-order valence-corrected chi connectivity index (χ0v) is 18.5. The maximum atomic E-state index is 13.8. The summed E-state index contributed by atoms with van der Waals surface area (Å²) < 4.78 is 41.8. The highest BCUT2D eigenvalue weighted by Crippen LogP contribution is 2.38. The molecule has 0 radical (unpaired) electrons. The molecule has 3 heterocycles. The molecule has 1 aromatic carbocycles. The smallest absolute Gasteiger partial charge is 0.280 e. The predicted octanol–water partition coefficient (Wildman–Crippen LogP) is 4.76. The second kappa shape index (κ2) is 8.56. The van der Waals surface area contributed by atoms with Crippen molar-refractivity contribution >= 4 is 33.8 Å². The molecule has 0 bridgehead atoms. The van der Waals surface area contributed by atoms with Crippen molar-refractivity contribution in [2.45, 2.75) is 32.1 Å². The topological polar surface area (TPSA) is 102 Å². The van der Waals surface area contributed by atoms with Crippen LogP contribution in [0.25, 0.3) is 16.9 Å². The van der Waals surface area contributed by atoms with E-state index in [0.717, 1.165) is 46.5 Å². The molecule has 1 aliphatic carbocycles. The van der Waals surface area contributed by atoms with Gasteiger partial charge in [-0.2, -0.15) is 5.10 Å². The molecular formula is C23H18F3N5O2S. The van der Waals surface area contributed by atoms with Crippen LogP contribution in [0.1, 0.15) is 56.1 Å². The Kier molecular flexibility index (Phi) is 5.56. The summed E-state index contributed by atoms with van der Waals surface area (Å²) in [5.41, 5.74) is 6.68. The first kappa shape index (κ1) is 22.1. The van der Waals surface area contributed by atoms with E-state index >= 15 is 0 Å². The molecule has 3 aromatic heterocycles. The van der Waals surface area contributed by atoms with E-state index in [9.17, 15) is 22.8 Å². The first-order valence-electron chi connectivity index (χ1n) is 10.5. The number of nitrogens with one attached hydrogen (secondary N) is 1. The number of thiophene rings is 1. The SMILES string of the molecule is NC(=O)c1c(NC(=O)c2cnn3c(C(F)F)cc(-c4ccc(F)cc4)nc23)sc2c1CCCC2. The molecule has 11 heteroatoms. The summed E-state index contributed by atoms with van der Waals surface area (Å²) in [6.07, 6.45) is 1.67. The molecule has 0 saturated carbocycles. The number of aryl methyl sites for hydroxylation is 1. The van der Waals surface area contributed by atoms with Gasteiger partial charge in [-0.3, -0.25) is 9.59 Å². The zero-order chi connectivity index (χ0) is 24.0. The number of anilines is 1. The molecule has 0 fully saturated rings. The maximum Gasteiger partial charge on any atom is 0.280 e. The second-order valence-electron chi connectivity index (χ2n) is 7.90. The van der Waals surface area contributed by atoms with Crippen LogP contribution < -0.4 is 11.1 Å². The van der Waals surface area contributed by atoms with E-state index in [1.165, 1.54) is 35.6 Å². The van der Waals surface area contributed by atoms with Gasteiger partial charge in [0.1, 0.15) is 22.1 Å². The fraction of sp³-hybridized carbons (Fsp3) is 0.217. The Bertz CT molecular complexity index is 1430. The molecule has 1 aliphatic rings. The Morgan fingerprint density at radius 1 is 1.15 bits per heavy atom. The lowest BCUT2D eigenvalue weighted by molar-refractivity contribution is 0.100. The summed E-state index contributed by atoms with van der Waals surface area (Å²) in [6.45, 7) is 0. The number of amides is 2. The van der Waals surface area contributed by atoms with E-state index in [2.05, 4.69) is 15.4 Å². The molecule has 0 spiro atoms. The van der Waals surface area contributed by atoms with Gasteiger partial charge in [0.15, 0.2) is 5.65 Å². The van der Waals surface area contributed by atoms with Crippen molar-refractivity contribution in [3.05, 3.63) is 69.6 Å². The van der Waals surface area contributed by atoms with Crippen LogP contribution in [0.4, 0.5) is 18.2 Å². The predicted molar refractivity (Wildman–Crippen MR) is 121 cm³/mol. The summed E-state index contributed by atoms with van der Waals surface area (Å²) >= 11 is 1.29. The van der Waals surface area contributed by atoms with Gasteiger partial charge in [-0.15, -0.1) is 11.3 Å². The first-order chi connectivity index (χ1) is 16.3. The number of alkyl halides is 2. The van der Waals surface area contributed by atoms with Crippen molar-refractivity contribution in [1.82, 2.24) is 14.6 Å². The third-order valence-electron chi connectivity index (χ3n) is 5.75. The normalized spacial score (nSPS) is 13.3. The molecular weight excluding hydrogens is 467 g/mol. The monoisotopic (exact) mass is 485 g/mol. The van der Waals surface area contributed by atoms with Crippen molar-refractivity contribution in [3.63, 3.8) is 0 Å². The van der Waals surface area contributed by atoms with Gasteiger partial charge in [-0.05, 0) is 61.6 Å². The molecule has 34 heavy (non-hydrogen) atoms. The van der Waals surface area contributed by atoms with Crippen LogP contribution in [0.3, 0.4) is 0 Å². The fourth-order valence-electron chi connectivity index (χ4n) is 4.16. The standard InChI is InChI=1S/C23H18F3N5O2S/c24-12-7-5-11(6-8-12)15-9-16(19(25)26)31-21(29-15)14(10-28-31)22(33)30-23-18(20(27)32)13-3-1-2-4-17(13)34-23/h5-10,19H,1-4H2,(H2,27,32)(H,30,33). The third kappa shape index (κ3) is 3.81. The highest BCUT2D eigenvalue weighted by Gasteiger charge is 2.27. The van der Waals surface area contributed by atoms with Crippen LogP contribution in [0.2, 0.25) is 0 Å². The van der Waals surface area contributed by atoms with E-state index in [0.29, 0.717) is 17.0 Å². The van der Waals surface area contributed by atoms with Crippen LogP contribution >= 0.6 is 11.3 Å². The van der Waals surface area contributed by atoms with Gasteiger partial charge in [-0.25, -0.2) is 22.7 Å². The average Bonchev–Trinajstić information content (AvgIpc) is 3.39. The maximum absolute atomic E-state index is 13.8. The summed E-state index contributed by atoms with van der Waals surface area (Å²) in [7, 11) is 0. The average molecular weight is 485 g/mol. The van der Waals surface area contributed by atoms with Gasteiger partial charge in [-0.1, -0.05) is 0 Å². The third-order valence-corrected chi connectivity index (χ3v) is 6.96. The summed E-state index contributed by atoms with van der Waals surface area (Å²) in [5.74, 6) is -1.77. The number of nitrogens with two attached hydrogens (primary N) is 1. The molecule has 0 unspecified atom stereocenters. The second-order valence-corrected chi connectivity index (χ2v) is 9.01. The van der Waals surface area contributed by atoms with E-state index < -0.39 is 29.8 Å². The van der Waals surface area contributed by atoms with Crippen molar-refractivity contribution < 1.29 is 22.8 Å².